The first-order chi connectivity index (χ1) is 9.44. The summed E-state index contributed by atoms with van der Waals surface area (Å²) in [6, 6.07) is 2.28. The van der Waals surface area contributed by atoms with Gasteiger partial charge >= 0.3 is 0 Å². The number of likely N-dealkylation sites (N-methyl/N-ethyl adjacent to an activating group) is 1. The number of hydrogen-bond acceptors (Lipinski definition) is 3. The Balaban J connectivity index is 2.13. The number of pyridine rings is 1. The zero-order valence-corrected chi connectivity index (χ0v) is 14.4. The van der Waals surface area contributed by atoms with Gasteiger partial charge in [-0.15, -0.1) is 0 Å². The third-order valence-corrected chi connectivity index (χ3v) is 5.37. The highest BCUT2D eigenvalue weighted by Gasteiger charge is 2.41. The van der Waals surface area contributed by atoms with Crippen LogP contribution in [0.15, 0.2) is 22.9 Å². The van der Waals surface area contributed by atoms with Crippen molar-refractivity contribution in [3.8, 4) is 0 Å². The van der Waals surface area contributed by atoms with Crippen molar-refractivity contribution >= 4 is 15.9 Å². The average Bonchev–Trinajstić information content (AvgIpc) is 2.39. The largest absolute Gasteiger partial charge is 0.326 e. The first kappa shape index (κ1) is 15.9. The van der Waals surface area contributed by atoms with Crippen LogP contribution in [0.2, 0.25) is 0 Å². The molecule has 112 valence electrons. The van der Waals surface area contributed by atoms with Gasteiger partial charge in [0.1, 0.15) is 0 Å². The quantitative estimate of drug-likeness (QED) is 0.915. The molecule has 3 nitrogen and oxygen atoms in total. The summed E-state index contributed by atoms with van der Waals surface area (Å²) in [6.45, 7) is 2.35. The number of hydrogen-bond donors (Lipinski definition) is 1. The fourth-order valence-electron chi connectivity index (χ4n) is 3.42. The lowest BCUT2D eigenvalue weighted by molar-refractivity contribution is 0.0568. The van der Waals surface area contributed by atoms with Crippen LogP contribution in [0.5, 0.6) is 0 Å². The molecule has 1 unspecified atom stereocenters. The fourth-order valence-corrected chi connectivity index (χ4v) is 3.84. The summed E-state index contributed by atoms with van der Waals surface area (Å²) in [5.41, 5.74) is 7.98. The predicted molar refractivity (Wildman–Crippen MR) is 87.7 cm³/mol. The summed E-state index contributed by atoms with van der Waals surface area (Å²) in [4.78, 5) is 6.60. The molecular formula is C16H26BrN3. The molecule has 1 aliphatic rings. The van der Waals surface area contributed by atoms with Crippen LogP contribution in [0.3, 0.4) is 0 Å². The number of nitrogens with zero attached hydrogens (tertiary/aromatic N) is 2. The Hall–Kier alpha value is -0.450. The molecule has 4 heteroatoms. The maximum absolute atomic E-state index is 6.63. The SMILES string of the molecule is CC1CCC(C(N)Cc2cncc(Br)c2)(N(C)C)CC1. The van der Waals surface area contributed by atoms with Crippen molar-refractivity contribution in [2.45, 2.75) is 50.6 Å². The summed E-state index contributed by atoms with van der Waals surface area (Å²) in [5, 5.41) is 0. The molecule has 1 aromatic heterocycles. The monoisotopic (exact) mass is 339 g/mol. The number of halogens is 1. The molecule has 1 saturated carbocycles. The lowest BCUT2D eigenvalue weighted by Gasteiger charge is -2.48. The molecule has 0 aromatic carbocycles. The van der Waals surface area contributed by atoms with E-state index >= 15 is 0 Å². The van der Waals surface area contributed by atoms with E-state index in [4.69, 9.17) is 5.73 Å². The van der Waals surface area contributed by atoms with Gasteiger partial charge in [-0.25, -0.2) is 0 Å². The molecule has 1 fully saturated rings. The molecule has 0 bridgehead atoms. The van der Waals surface area contributed by atoms with Gasteiger partial charge in [-0.2, -0.15) is 0 Å². The Kier molecular flexibility index (Phi) is 5.21. The molecule has 2 N–H and O–H groups in total. The van der Waals surface area contributed by atoms with Crippen LogP contribution in [0.1, 0.15) is 38.2 Å². The molecule has 0 radical (unpaired) electrons. The van der Waals surface area contributed by atoms with E-state index in [2.05, 4.69) is 52.9 Å². The normalized spacial score (nSPS) is 28.6. The van der Waals surface area contributed by atoms with Gasteiger partial charge in [0.2, 0.25) is 0 Å². The van der Waals surface area contributed by atoms with Crippen LogP contribution in [-0.4, -0.2) is 35.6 Å². The number of aromatic nitrogens is 1. The Morgan fingerprint density at radius 3 is 2.60 bits per heavy atom. The highest BCUT2D eigenvalue weighted by molar-refractivity contribution is 9.10. The summed E-state index contributed by atoms with van der Waals surface area (Å²) >= 11 is 3.48. The van der Waals surface area contributed by atoms with Crippen molar-refractivity contribution in [3.63, 3.8) is 0 Å². The van der Waals surface area contributed by atoms with E-state index in [1.54, 1.807) is 0 Å². The van der Waals surface area contributed by atoms with Gasteiger partial charge in [0.15, 0.2) is 0 Å². The zero-order valence-electron chi connectivity index (χ0n) is 12.8. The summed E-state index contributed by atoms with van der Waals surface area (Å²) < 4.78 is 1.03. The molecule has 20 heavy (non-hydrogen) atoms. The molecule has 2 rings (SSSR count). The van der Waals surface area contributed by atoms with Gasteiger partial charge < -0.3 is 10.6 Å². The Morgan fingerprint density at radius 1 is 1.40 bits per heavy atom. The van der Waals surface area contributed by atoms with Gasteiger partial charge in [-0.05, 0) is 79.7 Å². The number of nitrogens with two attached hydrogens (primary N) is 1. The van der Waals surface area contributed by atoms with Crippen molar-refractivity contribution in [2.75, 3.05) is 14.1 Å². The molecule has 0 saturated heterocycles. The van der Waals surface area contributed by atoms with E-state index in [1.807, 2.05) is 12.4 Å². The van der Waals surface area contributed by atoms with Gasteiger partial charge in [0.05, 0.1) is 0 Å². The maximum Gasteiger partial charge on any atom is 0.0410 e. The van der Waals surface area contributed by atoms with Crippen molar-refractivity contribution < 1.29 is 0 Å². The van der Waals surface area contributed by atoms with Crippen molar-refractivity contribution in [1.29, 1.82) is 0 Å². The lowest BCUT2D eigenvalue weighted by Crippen LogP contribution is -2.59. The Bertz CT molecular complexity index is 439. The van der Waals surface area contributed by atoms with E-state index in [9.17, 15) is 0 Å². The summed E-state index contributed by atoms with van der Waals surface area (Å²) in [7, 11) is 4.35. The molecule has 1 heterocycles. The lowest BCUT2D eigenvalue weighted by atomic mass is 9.71. The molecule has 0 amide bonds. The first-order valence-corrected chi connectivity index (χ1v) is 8.26. The minimum atomic E-state index is 0.134. The van der Waals surface area contributed by atoms with E-state index < -0.39 is 0 Å². The summed E-state index contributed by atoms with van der Waals surface area (Å²) in [5.74, 6) is 0.836. The fraction of sp³-hybridized carbons (Fsp3) is 0.688. The Labute approximate surface area is 131 Å². The standard InChI is InChI=1S/C16H26BrN3/c1-12-4-6-16(7-5-12,20(2)3)15(18)9-13-8-14(17)11-19-10-13/h8,10-12,15H,4-7,9,18H2,1-3H3. The summed E-state index contributed by atoms with van der Waals surface area (Å²) in [6.07, 6.45) is 9.59. The van der Waals surface area contributed by atoms with Gasteiger partial charge in [0.25, 0.3) is 0 Å². The second-order valence-electron chi connectivity index (χ2n) is 6.50. The van der Waals surface area contributed by atoms with Gasteiger partial charge in [-0.1, -0.05) is 6.92 Å². The van der Waals surface area contributed by atoms with E-state index in [1.165, 1.54) is 31.2 Å². The first-order valence-electron chi connectivity index (χ1n) is 7.46. The van der Waals surface area contributed by atoms with E-state index in [0.717, 1.165) is 16.8 Å². The average molecular weight is 340 g/mol. The minimum absolute atomic E-state index is 0.134. The van der Waals surface area contributed by atoms with Crippen LogP contribution in [-0.2, 0) is 6.42 Å². The van der Waals surface area contributed by atoms with Crippen LogP contribution in [0.25, 0.3) is 0 Å². The zero-order chi connectivity index (χ0) is 14.8. The molecule has 1 aliphatic carbocycles. The molecular weight excluding hydrogens is 314 g/mol. The van der Waals surface area contributed by atoms with E-state index in [0.29, 0.717) is 0 Å². The van der Waals surface area contributed by atoms with Crippen LogP contribution < -0.4 is 5.73 Å². The van der Waals surface area contributed by atoms with Gasteiger partial charge in [-0.3, -0.25) is 4.98 Å². The predicted octanol–water partition coefficient (Wildman–Crippen LogP) is 3.22. The van der Waals surface area contributed by atoms with Crippen molar-refractivity contribution in [1.82, 2.24) is 9.88 Å². The van der Waals surface area contributed by atoms with E-state index in [-0.39, 0.29) is 11.6 Å². The molecule has 0 aliphatic heterocycles. The van der Waals surface area contributed by atoms with Gasteiger partial charge in [0, 0.05) is 28.4 Å². The van der Waals surface area contributed by atoms with Crippen LogP contribution >= 0.6 is 15.9 Å². The van der Waals surface area contributed by atoms with Crippen molar-refractivity contribution in [2.24, 2.45) is 11.7 Å². The molecule has 1 atom stereocenters. The smallest absolute Gasteiger partial charge is 0.0410 e. The third-order valence-electron chi connectivity index (χ3n) is 4.94. The van der Waals surface area contributed by atoms with Crippen LogP contribution in [0.4, 0.5) is 0 Å². The Morgan fingerprint density at radius 2 is 2.05 bits per heavy atom. The minimum Gasteiger partial charge on any atom is -0.326 e. The van der Waals surface area contributed by atoms with Crippen molar-refractivity contribution in [3.05, 3.63) is 28.5 Å². The highest BCUT2D eigenvalue weighted by atomic mass is 79.9. The number of rotatable bonds is 4. The second-order valence-corrected chi connectivity index (χ2v) is 7.42. The highest BCUT2D eigenvalue weighted by Crippen LogP contribution is 2.38. The third kappa shape index (κ3) is 3.41. The maximum atomic E-state index is 6.63. The topological polar surface area (TPSA) is 42.1 Å². The molecule has 0 spiro atoms. The van der Waals surface area contributed by atoms with Crippen LogP contribution in [0, 0.1) is 5.92 Å². The molecule has 1 aromatic rings. The second kappa shape index (κ2) is 6.54.